The van der Waals surface area contributed by atoms with Crippen LogP contribution >= 0.6 is 0 Å². The molecule has 2 heterocycles. The van der Waals surface area contributed by atoms with Crippen LogP contribution in [0, 0.1) is 0 Å². The zero-order chi connectivity index (χ0) is 19.2. The Morgan fingerprint density at radius 1 is 0.929 bits per heavy atom. The Labute approximate surface area is 165 Å². The number of hydrogen-bond donors (Lipinski definition) is 0. The molecule has 1 fully saturated rings. The zero-order valence-electron chi connectivity index (χ0n) is 16.3. The van der Waals surface area contributed by atoms with Crippen molar-refractivity contribution in [1.82, 2.24) is 19.9 Å². The van der Waals surface area contributed by atoms with Gasteiger partial charge in [0.05, 0.1) is 13.7 Å². The first-order valence-electron chi connectivity index (χ1n) is 9.76. The first-order chi connectivity index (χ1) is 13.8. The Kier molecular flexibility index (Phi) is 5.99. The van der Waals surface area contributed by atoms with E-state index in [0.717, 1.165) is 62.8 Å². The SMILES string of the molecule is COc1ccc(-c2nc(CN3CCN(CCc4ccccc4)CC3)no2)cc1. The van der Waals surface area contributed by atoms with Gasteiger partial charge in [0, 0.05) is 38.3 Å². The number of methoxy groups -OCH3 is 1. The largest absolute Gasteiger partial charge is 0.497 e. The van der Waals surface area contributed by atoms with Crippen molar-refractivity contribution in [3.8, 4) is 17.2 Å². The predicted molar refractivity (Wildman–Crippen MR) is 108 cm³/mol. The molecule has 1 aromatic heterocycles. The van der Waals surface area contributed by atoms with Gasteiger partial charge in [0.15, 0.2) is 5.82 Å². The van der Waals surface area contributed by atoms with Crippen molar-refractivity contribution in [3.05, 3.63) is 66.0 Å². The van der Waals surface area contributed by atoms with Gasteiger partial charge in [-0.25, -0.2) is 0 Å². The topological polar surface area (TPSA) is 54.6 Å². The molecule has 6 heteroatoms. The Morgan fingerprint density at radius 2 is 1.64 bits per heavy atom. The highest BCUT2D eigenvalue weighted by Crippen LogP contribution is 2.21. The number of aromatic nitrogens is 2. The molecule has 2 aromatic carbocycles. The second kappa shape index (κ2) is 8.99. The highest BCUT2D eigenvalue weighted by atomic mass is 16.5. The Morgan fingerprint density at radius 3 is 2.36 bits per heavy atom. The molecular formula is C22H26N4O2. The van der Waals surface area contributed by atoms with Crippen LogP contribution in [0.25, 0.3) is 11.5 Å². The normalized spacial score (nSPS) is 15.6. The molecule has 0 amide bonds. The maximum absolute atomic E-state index is 5.44. The van der Waals surface area contributed by atoms with Crippen molar-refractivity contribution in [2.24, 2.45) is 0 Å². The lowest BCUT2D eigenvalue weighted by Crippen LogP contribution is -2.46. The molecule has 0 N–H and O–H groups in total. The van der Waals surface area contributed by atoms with Crippen LogP contribution in [0.5, 0.6) is 5.75 Å². The van der Waals surface area contributed by atoms with E-state index in [1.165, 1.54) is 5.56 Å². The molecule has 4 rings (SSSR count). The van der Waals surface area contributed by atoms with E-state index in [2.05, 4.69) is 50.3 Å². The first-order valence-corrected chi connectivity index (χ1v) is 9.76. The number of nitrogens with zero attached hydrogens (tertiary/aromatic N) is 4. The van der Waals surface area contributed by atoms with E-state index in [4.69, 9.17) is 9.26 Å². The smallest absolute Gasteiger partial charge is 0.257 e. The Balaban J connectivity index is 1.25. The van der Waals surface area contributed by atoms with Crippen molar-refractivity contribution >= 4 is 0 Å². The van der Waals surface area contributed by atoms with Gasteiger partial charge in [0.25, 0.3) is 5.89 Å². The van der Waals surface area contributed by atoms with Crippen LogP contribution in [-0.4, -0.2) is 59.8 Å². The van der Waals surface area contributed by atoms with Gasteiger partial charge in [-0.3, -0.25) is 4.90 Å². The summed E-state index contributed by atoms with van der Waals surface area (Å²) in [7, 11) is 1.65. The summed E-state index contributed by atoms with van der Waals surface area (Å²) in [5.41, 5.74) is 2.31. The molecule has 0 saturated carbocycles. The van der Waals surface area contributed by atoms with E-state index in [1.807, 2.05) is 24.3 Å². The maximum Gasteiger partial charge on any atom is 0.257 e. The van der Waals surface area contributed by atoms with Crippen molar-refractivity contribution in [3.63, 3.8) is 0 Å². The van der Waals surface area contributed by atoms with Crippen LogP contribution in [0.3, 0.4) is 0 Å². The molecule has 1 aliphatic rings. The van der Waals surface area contributed by atoms with Gasteiger partial charge in [0.1, 0.15) is 5.75 Å². The second-order valence-corrected chi connectivity index (χ2v) is 7.10. The molecule has 146 valence electrons. The molecule has 0 radical (unpaired) electrons. The van der Waals surface area contributed by atoms with Crippen LogP contribution in [0.4, 0.5) is 0 Å². The van der Waals surface area contributed by atoms with Crippen molar-refractivity contribution < 1.29 is 9.26 Å². The zero-order valence-corrected chi connectivity index (χ0v) is 16.3. The van der Waals surface area contributed by atoms with Crippen molar-refractivity contribution in [1.29, 1.82) is 0 Å². The lowest BCUT2D eigenvalue weighted by molar-refractivity contribution is 0.125. The molecule has 1 saturated heterocycles. The molecule has 1 aliphatic heterocycles. The third-order valence-electron chi connectivity index (χ3n) is 5.19. The van der Waals surface area contributed by atoms with E-state index in [0.29, 0.717) is 5.89 Å². The fourth-order valence-corrected chi connectivity index (χ4v) is 3.47. The molecule has 6 nitrogen and oxygen atoms in total. The minimum Gasteiger partial charge on any atom is -0.497 e. The van der Waals surface area contributed by atoms with Gasteiger partial charge in [-0.2, -0.15) is 4.98 Å². The average Bonchev–Trinajstić information content (AvgIpc) is 3.22. The van der Waals surface area contributed by atoms with Crippen molar-refractivity contribution in [2.75, 3.05) is 39.8 Å². The molecular weight excluding hydrogens is 352 g/mol. The Bertz CT molecular complexity index is 856. The fourth-order valence-electron chi connectivity index (χ4n) is 3.47. The van der Waals surface area contributed by atoms with Gasteiger partial charge in [0.2, 0.25) is 0 Å². The summed E-state index contributed by atoms with van der Waals surface area (Å²) >= 11 is 0. The molecule has 28 heavy (non-hydrogen) atoms. The summed E-state index contributed by atoms with van der Waals surface area (Å²) in [6.45, 7) is 6.06. The van der Waals surface area contributed by atoms with Crippen LogP contribution in [-0.2, 0) is 13.0 Å². The van der Waals surface area contributed by atoms with E-state index in [1.54, 1.807) is 7.11 Å². The summed E-state index contributed by atoms with van der Waals surface area (Å²) in [5.74, 6) is 2.11. The maximum atomic E-state index is 5.44. The summed E-state index contributed by atoms with van der Waals surface area (Å²) < 4.78 is 10.6. The third-order valence-corrected chi connectivity index (χ3v) is 5.19. The van der Waals surface area contributed by atoms with Crippen LogP contribution < -0.4 is 4.74 Å². The van der Waals surface area contributed by atoms with E-state index >= 15 is 0 Å². The first kappa shape index (κ1) is 18.7. The molecule has 0 spiro atoms. The van der Waals surface area contributed by atoms with Gasteiger partial charge < -0.3 is 14.2 Å². The molecule has 0 unspecified atom stereocenters. The van der Waals surface area contributed by atoms with Gasteiger partial charge in [-0.05, 0) is 36.2 Å². The van der Waals surface area contributed by atoms with E-state index < -0.39 is 0 Å². The number of piperazine rings is 1. The number of hydrogen-bond acceptors (Lipinski definition) is 6. The van der Waals surface area contributed by atoms with Gasteiger partial charge in [-0.15, -0.1) is 0 Å². The summed E-state index contributed by atoms with van der Waals surface area (Å²) in [6.07, 6.45) is 1.11. The molecule has 0 aliphatic carbocycles. The number of benzene rings is 2. The van der Waals surface area contributed by atoms with Crippen molar-refractivity contribution in [2.45, 2.75) is 13.0 Å². The fraction of sp³-hybridized carbons (Fsp3) is 0.364. The predicted octanol–water partition coefficient (Wildman–Crippen LogP) is 3.11. The summed E-state index contributed by atoms with van der Waals surface area (Å²) in [6, 6.07) is 18.3. The lowest BCUT2D eigenvalue weighted by Gasteiger charge is -2.34. The van der Waals surface area contributed by atoms with Crippen LogP contribution in [0.2, 0.25) is 0 Å². The van der Waals surface area contributed by atoms with Crippen LogP contribution in [0.15, 0.2) is 59.1 Å². The second-order valence-electron chi connectivity index (χ2n) is 7.10. The standard InChI is InChI=1S/C22H26N4O2/c1-27-20-9-7-19(8-10-20)22-23-21(24-28-22)17-26-15-13-25(14-16-26)12-11-18-5-3-2-4-6-18/h2-10H,11-17H2,1H3. The lowest BCUT2D eigenvalue weighted by atomic mass is 10.1. The molecule has 0 bridgehead atoms. The number of rotatable bonds is 7. The average molecular weight is 378 g/mol. The Hall–Kier alpha value is -2.70. The van der Waals surface area contributed by atoms with Crippen LogP contribution in [0.1, 0.15) is 11.4 Å². The minimum absolute atomic E-state index is 0.555. The summed E-state index contributed by atoms with van der Waals surface area (Å²) in [5, 5.41) is 4.15. The molecule has 0 atom stereocenters. The third kappa shape index (κ3) is 4.77. The minimum atomic E-state index is 0.555. The highest BCUT2D eigenvalue weighted by Gasteiger charge is 2.19. The van der Waals surface area contributed by atoms with Gasteiger partial charge >= 0.3 is 0 Å². The summed E-state index contributed by atoms with van der Waals surface area (Å²) in [4.78, 5) is 9.47. The highest BCUT2D eigenvalue weighted by molar-refractivity contribution is 5.54. The number of ether oxygens (including phenoxy) is 1. The van der Waals surface area contributed by atoms with E-state index in [9.17, 15) is 0 Å². The quantitative estimate of drug-likeness (QED) is 0.630. The van der Waals surface area contributed by atoms with E-state index in [-0.39, 0.29) is 0 Å². The molecule has 3 aromatic rings. The monoisotopic (exact) mass is 378 g/mol. The van der Waals surface area contributed by atoms with Gasteiger partial charge in [-0.1, -0.05) is 35.5 Å².